The second-order valence-electron chi connectivity index (χ2n) is 1.35. The molecule has 0 radical (unpaired) electrons. The van der Waals surface area contributed by atoms with Crippen LogP contribution in [0.2, 0.25) is 0 Å². The first-order valence-electron chi connectivity index (χ1n) is 2.97. The molecule has 0 aromatic carbocycles. The Balaban J connectivity index is -0.0000000371. The zero-order valence-corrected chi connectivity index (χ0v) is 8.58. The predicted octanol–water partition coefficient (Wildman–Crippen LogP) is 3.26. The van der Waals surface area contributed by atoms with Crippen molar-refractivity contribution < 1.29 is 54.2 Å². The van der Waals surface area contributed by atoms with E-state index in [1.165, 1.54) is 5.14 Å². The number of alkyl halides is 6. The maximum Gasteiger partial charge on any atom is 0.487 e. The van der Waals surface area contributed by atoms with Crippen LogP contribution in [0.3, 0.4) is 0 Å². The molecule has 0 rings (SSSR count). The Morgan fingerprint density at radius 3 is 1.00 bits per heavy atom. The maximum atomic E-state index is 10.4. The van der Waals surface area contributed by atoms with Crippen LogP contribution < -0.4 is 0 Å². The Hall–Kier alpha value is -2.40. The highest BCUT2D eigenvalue weighted by atomic mass is 19.5. The summed E-state index contributed by atoms with van der Waals surface area (Å²) in [4.78, 5) is 24.2. The standard InChI is InChI=1S/C2F6.CO2.CH2O.CH4.F3N.N2O/c3-1(4,5)2(6,7)8;2-1-3;1-2;;1-4(2)3;1-2-3/h;;1H2;1H4;;. The lowest BCUT2D eigenvalue weighted by molar-refractivity contribution is -0.339. The molecule has 0 heterocycles. The number of halogens is 9. The first-order valence-corrected chi connectivity index (χ1v) is 2.97. The Morgan fingerprint density at radius 2 is 1.00 bits per heavy atom. The molecular formula is C5H6F9N3O4. The van der Waals surface area contributed by atoms with Crippen LogP contribution in [0.5, 0.6) is 0 Å². The van der Waals surface area contributed by atoms with Crippen molar-refractivity contribution in [3.63, 3.8) is 0 Å². The number of carbonyl (C=O) groups excluding carboxylic acids is 3. The minimum atomic E-state index is -6.06. The number of carbonyl (C=O) groups is 1. The summed E-state index contributed by atoms with van der Waals surface area (Å²) < 4.78 is 91.1. The van der Waals surface area contributed by atoms with Gasteiger partial charge < -0.3 is 10.0 Å². The highest BCUT2D eigenvalue weighted by Crippen LogP contribution is 2.35. The predicted molar refractivity (Wildman–Crippen MR) is 44.6 cm³/mol. The SMILES string of the molecule is C.C=O.FC(F)(F)C(F)(F)F.FN(F)F.N#[N+][O-].O=C=O. The van der Waals surface area contributed by atoms with Gasteiger partial charge in [0.2, 0.25) is 10.5 Å². The van der Waals surface area contributed by atoms with E-state index in [4.69, 9.17) is 25.0 Å². The summed E-state index contributed by atoms with van der Waals surface area (Å²) in [7, 11) is 0. The number of rotatable bonds is 0. The van der Waals surface area contributed by atoms with Crippen molar-refractivity contribution in [1.82, 2.24) is 5.57 Å². The fourth-order valence-electron chi connectivity index (χ4n) is 0. The lowest BCUT2D eigenvalue weighted by Gasteiger charge is -2.08. The van der Waals surface area contributed by atoms with Crippen molar-refractivity contribution in [3.8, 4) is 0 Å². The summed E-state index contributed by atoms with van der Waals surface area (Å²) in [5.74, 6) is 0. The van der Waals surface area contributed by atoms with Crippen molar-refractivity contribution in [2.24, 2.45) is 0 Å². The Bertz CT molecular complexity index is 253. The van der Waals surface area contributed by atoms with Crippen LogP contribution in [-0.2, 0) is 14.4 Å². The maximum absolute atomic E-state index is 10.4. The van der Waals surface area contributed by atoms with Gasteiger partial charge in [-0.1, -0.05) is 20.9 Å². The molecule has 0 aliphatic carbocycles. The molecule has 7 nitrogen and oxygen atoms in total. The summed E-state index contributed by atoms with van der Waals surface area (Å²) in [6.45, 7) is 2.00. The van der Waals surface area contributed by atoms with Gasteiger partial charge in [-0.3, -0.25) is 0 Å². The van der Waals surface area contributed by atoms with Crippen LogP contribution in [0.4, 0.5) is 39.8 Å². The van der Waals surface area contributed by atoms with Crippen molar-refractivity contribution >= 4 is 12.9 Å². The van der Waals surface area contributed by atoms with Gasteiger partial charge in [0.25, 0.3) is 0 Å². The molecular weight excluding hydrogens is 337 g/mol. The molecule has 0 amide bonds. The van der Waals surface area contributed by atoms with E-state index in [1.54, 1.807) is 0 Å². The molecule has 0 aromatic rings. The summed E-state index contributed by atoms with van der Waals surface area (Å²) >= 11 is 0. The fourth-order valence-corrected chi connectivity index (χ4v) is 0. The van der Waals surface area contributed by atoms with Gasteiger partial charge in [-0.15, -0.1) is 0 Å². The van der Waals surface area contributed by atoms with E-state index in [2.05, 4.69) is 0 Å². The normalized spacial score (nSPS) is 8.05. The average Bonchev–Trinajstić information content (AvgIpc) is 2.18. The Kier molecular flexibility index (Phi) is 39.3. The molecule has 0 spiro atoms. The zero-order valence-electron chi connectivity index (χ0n) is 8.58. The highest BCUT2D eigenvalue weighted by molar-refractivity contribution is 5.20. The zero-order chi connectivity index (χ0) is 18.0. The molecule has 128 valence electrons. The fraction of sp³-hybridized carbons (Fsp3) is 0.600. The van der Waals surface area contributed by atoms with Crippen LogP contribution in [0, 0.1) is 10.6 Å². The minimum Gasteiger partial charge on any atom is -0.463 e. The smallest absolute Gasteiger partial charge is 0.463 e. The van der Waals surface area contributed by atoms with Crippen molar-refractivity contribution in [3.05, 3.63) is 10.3 Å². The van der Waals surface area contributed by atoms with E-state index in [-0.39, 0.29) is 13.6 Å². The van der Waals surface area contributed by atoms with Crippen LogP contribution in [0.15, 0.2) is 0 Å². The number of hydrogen-bond acceptors (Lipinski definition) is 6. The van der Waals surface area contributed by atoms with Gasteiger partial charge in [0.1, 0.15) is 6.79 Å². The van der Waals surface area contributed by atoms with E-state index in [0.29, 0.717) is 0 Å². The van der Waals surface area contributed by atoms with Gasteiger partial charge in [0.15, 0.2) is 5.57 Å². The third kappa shape index (κ3) is 98.3. The van der Waals surface area contributed by atoms with Gasteiger partial charge in [-0.25, -0.2) is 0 Å². The average molecular weight is 343 g/mol. The first-order chi connectivity index (χ1) is 8.81. The summed E-state index contributed by atoms with van der Waals surface area (Å²) in [6, 6.07) is 0. The number of hydrogen-bond donors (Lipinski definition) is 0. The highest BCUT2D eigenvalue weighted by Gasteiger charge is 2.58. The van der Waals surface area contributed by atoms with Crippen LogP contribution in [0.25, 0.3) is 5.14 Å². The van der Waals surface area contributed by atoms with Crippen molar-refractivity contribution in [1.29, 1.82) is 5.39 Å². The largest absolute Gasteiger partial charge is 0.487 e. The van der Waals surface area contributed by atoms with Crippen LogP contribution in [-0.4, -0.2) is 30.9 Å². The molecule has 0 aromatic heterocycles. The van der Waals surface area contributed by atoms with E-state index < -0.39 is 17.9 Å². The minimum absolute atomic E-state index is 0. The van der Waals surface area contributed by atoms with E-state index in [0.717, 1.165) is 0 Å². The third-order valence-electron chi connectivity index (χ3n) is 0.321. The molecule has 0 saturated heterocycles. The molecule has 0 saturated carbocycles. The van der Waals surface area contributed by atoms with Gasteiger partial charge in [0, 0.05) is 0 Å². The molecule has 0 bridgehead atoms. The second-order valence-corrected chi connectivity index (χ2v) is 1.35. The summed E-state index contributed by atoms with van der Waals surface area (Å²) in [5, 5.41) is 16.0. The van der Waals surface area contributed by atoms with Gasteiger partial charge in [-0.2, -0.15) is 35.9 Å². The quantitative estimate of drug-likeness (QED) is 0.289. The number of diazo groups is 1. The molecule has 0 atom stereocenters. The lowest BCUT2D eigenvalue weighted by atomic mass is 10.7. The van der Waals surface area contributed by atoms with Crippen LogP contribution in [0.1, 0.15) is 7.43 Å². The Labute approximate surface area is 109 Å². The molecule has 0 aliphatic rings. The van der Waals surface area contributed by atoms with Gasteiger partial charge in [-0.05, 0) is 0 Å². The van der Waals surface area contributed by atoms with Crippen molar-refractivity contribution in [2.75, 3.05) is 0 Å². The van der Waals surface area contributed by atoms with E-state index >= 15 is 0 Å². The summed E-state index contributed by atoms with van der Waals surface area (Å²) in [6.07, 6.45) is -11.9. The molecule has 0 fully saturated rings. The lowest BCUT2D eigenvalue weighted by Crippen LogP contribution is -2.30. The monoisotopic (exact) mass is 343 g/mol. The Morgan fingerprint density at radius 1 is 0.952 bits per heavy atom. The van der Waals surface area contributed by atoms with E-state index in [9.17, 15) is 39.8 Å². The molecule has 0 aliphatic heterocycles. The van der Waals surface area contributed by atoms with E-state index in [1.807, 2.05) is 6.79 Å². The number of nitrogens with zero attached hydrogens (tertiary/aromatic N) is 3. The van der Waals surface area contributed by atoms with Crippen molar-refractivity contribution in [2.45, 2.75) is 19.8 Å². The topological polar surface area (TPSA) is 106 Å². The third-order valence-corrected chi connectivity index (χ3v) is 0.321. The molecule has 0 N–H and O–H groups in total. The molecule has 16 heteroatoms. The van der Waals surface area contributed by atoms with Gasteiger partial charge in [0.05, 0.1) is 0 Å². The molecule has 21 heavy (non-hydrogen) atoms. The second kappa shape index (κ2) is 22.8. The summed E-state index contributed by atoms with van der Waals surface area (Å²) in [5.41, 5.74) is -2.50. The van der Waals surface area contributed by atoms with Crippen LogP contribution >= 0.6 is 0 Å². The first kappa shape index (κ1) is 36.3. The molecule has 0 unspecified atom stereocenters. The van der Waals surface area contributed by atoms with Gasteiger partial charge >= 0.3 is 18.5 Å².